The maximum atomic E-state index is 11.6. The van der Waals surface area contributed by atoms with E-state index < -0.39 is 10.0 Å². The zero-order valence-electron chi connectivity index (χ0n) is 9.66. The molecule has 0 unspecified atom stereocenters. The average molecular weight is 248 g/mol. The van der Waals surface area contributed by atoms with Crippen molar-refractivity contribution in [1.29, 1.82) is 0 Å². The molecule has 0 radical (unpaired) electrons. The smallest absolute Gasteiger partial charge is 0.223 e. The lowest BCUT2D eigenvalue weighted by Gasteiger charge is -2.10. The molecule has 1 amide bonds. The molecule has 0 spiro atoms. The second-order valence-corrected chi connectivity index (χ2v) is 6.13. The van der Waals surface area contributed by atoms with Gasteiger partial charge in [0.05, 0.1) is 6.26 Å². The molecule has 6 heteroatoms. The first-order valence-electron chi connectivity index (χ1n) is 5.71. The maximum Gasteiger partial charge on any atom is 0.223 e. The van der Waals surface area contributed by atoms with Gasteiger partial charge in [-0.25, -0.2) is 13.1 Å². The number of hydrogen-bond donors (Lipinski definition) is 2. The summed E-state index contributed by atoms with van der Waals surface area (Å²) >= 11 is 0. The maximum absolute atomic E-state index is 11.6. The van der Waals surface area contributed by atoms with E-state index in [1.165, 1.54) is 0 Å². The molecule has 1 rings (SSSR count). The molecule has 0 aromatic rings. The largest absolute Gasteiger partial charge is 0.356 e. The Morgan fingerprint density at radius 2 is 1.88 bits per heavy atom. The third-order valence-electron chi connectivity index (χ3n) is 2.74. The van der Waals surface area contributed by atoms with Crippen molar-refractivity contribution >= 4 is 15.9 Å². The Hall–Kier alpha value is -0.620. The van der Waals surface area contributed by atoms with Crippen LogP contribution in [0.5, 0.6) is 0 Å². The van der Waals surface area contributed by atoms with Crippen LogP contribution in [-0.2, 0) is 14.8 Å². The molecule has 16 heavy (non-hydrogen) atoms. The molecular weight excluding hydrogens is 228 g/mol. The quantitative estimate of drug-likeness (QED) is 0.661. The highest BCUT2D eigenvalue weighted by atomic mass is 32.2. The Bertz CT molecular complexity index is 321. The lowest BCUT2D eigenvalue weighted by Crippen LogP contribution is -2.32. The van der Waals surface area contributed by atoms with Gasteiger partial charge in [0.15, 0.2) is 0 Å². The Morgan fingerprint density at radius 3 is 2.44 bits per heavy atom. The predicted octanol–water partition coefficient (Wildman–Crippen LogP) is 0.232. The molecule has 0 heterocycles. The first-order chi connectivity index (χ1) is 7.49. The van der Waals surface area contributed by atoms with Gasteiger partial charge in [0, 0.05) is 19.0 Å². The van der Waals surface area contributed by atoms with Gasteiger partial charge in [-0.05, 0) is 19.3 Å². The van der Waals surface area contributed by atoms with Gasteiger partial charge < -0.3 is 5.32 Å². The SMILES string of the molecule is CS(=O)(=O)NCCCNC(=O)C1CCCC1. The molecule has 5 nitrogen and oxygen atoms in total. The zero-order valence-corrected chi connectivity index (χ0v) is 10.5. The molecule has 94 valence electrons. The predicted molar refractivity (Wildman–Crippen MR) is 62.4 cm³/mol. The highest BCUT2D eigenvalue weighted by molar-refractivity contribution is 7.88. The van der Waals surface area contributed by atoms with Crippen molar-refractivity contribution in [3.05, 3.63) is 0 Å². The van der Waals surface area contributed by atoms with Gasteiger partial charge in [0.1, 0.15) is 0 Å². The monoisotopic (exact) mass is 248 g/mol. The number of amides is 1. The number of sulfonamides is 1. The first kappa shape index (κ1) is 13.4. The minimum absolute atomic E-state index is 0.122. The summed E-state index contributed by atoms with van der Waals surface area (Å²) in [5, 5.41) is 2.84. The molecule has 0 atom stereocenters. The average Bonchev–Trinajstić information content (AvgIpc) is 2.67. The highest BCUT2D eigenvalue weighted by Crippen LogP contribution is 2.24. The normalized spacial score (nSPS) is 17.6. The molecule has 1 saturated carbocycles. The van der Waals surface area contributed by atoms with E-state index in [1.807, 2.05) is 0 Å². The summed E-state index contributed by atoms with van der Waals surface area (Å²) in [7, 11) is -3.10. The fourth-order valence-electron chi connectivity index (χ4n) is 1.89. The second kappa shape index (κ2) is 6.20. The molecule has 0 aromatic heterocycles. The van der Waals surface area contributed by atoms with Crippen molar-refractivity contribution < 1.29 is 13.2 Å². The van der Waals surface area contributed by atoms with Crippen LogP contribution in [0.15, 0.2) is 0 Å². The van der Waals surface area contributed by atoms with E-state index in [1.54, 1.807) is 0 Å². The first-order valence-corrected chi connectivity index (χ1v) is 7.60. The summed E-state index contributed by atoms with van der Waals surface area (Å²) in [6.07, 6.45) is 6.04. The summed E-state index contributed by atoms with van der Waals surface area (Å²) in [5.74, 6) is 0.305. The van der Waals surface area contributed by atoms with Crippen LogP contribution in [0.2, 0.25) is 0 Å². The highest BCUT2D eigenvalue weighted by Gasteiger charge is 2.21. The number of rotatable bonds is 6. The van der Waals surface area contributed by atoms with Gasteiger partial charge in [0.25, 0.3) is 0 Å². The lowest BCUT2D eigenvalue weighted by atomic mass is 10.1. The van der Waals surface area contributed by atoms with Gasteiger partial charge >= 0.3 is 0 Å². The summed E-state index contributed by atoms with van der Waals surface area (Å²) < 4.78 is 23.9. The minimum atomic E-state index is -3.10. The van der Waals surface area contributed by atoms with Crippen molar-refractivity contribution in [1.82, 2.24) is 10.0 Å². The summed E-state index contributed by atoms with van der Waals surface area (Å²) in [5.41, 5.74) is 0. The van der Waals surface area contributed by atoms with Crippen molar-refractivity contribution in [2.45, 2.75) is 32.1 Å². The zero-order chi connectivity index (χ0) is 12.0. The standard InChI is InChI=1S/C10H20N2O3S/c1-16(14,15)12-8-4-7-11-10(13)9-5-2-3-6-9/h9,12H,2-8H2,1H3,(H,11,13). The second-order valence-electron chi connectivity index (χ2n) is 4.29. The third kappa shape index (κ3) is 5.46. The molecule has 0 saturated heterocycles. The van der Waals surface area contributed by atoms with Gasteiger partial charge in [-0.1, -0.05) is 12.8 Å². The summed E-state index contributed by atoms with van der Waals surface area (Å²) in [6, 6.07) is 0. The van der Waals surface area contributed by atoms with Crippen molar-refractivity contribution in [3.63, 3.8) is 0 Å². The van der Waals surface area contributed by atoms with Gasteiger partial charge in [-0.15, -0.1) is 0 Å². The fourth-order valence-corrected chi connectivity index (χ4v) is 2.41. The molecule has 1 fully saturated rings. The van der Waals surface area contributed by atoms with Crippen LogP contribution in [0.25, 0.3) is 0 Å². The van der Waals surface area contributed by atoms with Crippen LogP contribution in [0, 0.1) is 5.92 Å². The van der Waals surface area contributed by atoms with Gasteiger partial charge in [-0.3, -0.25) is 4.79 Å². The number of carbonyl (C=O) groups excluding carboxylic acids is 1. The van der Waals surface area contributed by atoms with E-state index >= 15 is 0 Å². The number of hydrogen-bond acceptors (Lipinski definition) is 3. The van der Waals surface area contributed by atoms with Crippen LogP contribution in [0.3, 0.4) is 0 Å². The molecule has 2 N–H and O–H groups in total. The van der Waals surface area contributed by atoms with E-state index in [4.69, 9.17) is 0 Å². The van der Waals surface area contributed by atoms with Crippen LogP contribution in [0.1, 0.15) is 32.1 Å². The van der Waals surface area contributed by atoms with Crippen LogP contribution >= 0.6 is 0 Å². The Balaban J connectivity index is 2.04. The Kier molecular flexibility index (Phi) is 5.21. The number of carbonyl (C=O) groups is 1. The topological polar surface area (TPSA) is 75.3 Å². The van der Waals surface area contributed by atoms with Crippen molar-refractivity contribution in [2.24, 2.45) is 5.92 Å². The van der Waals surface area contributed by atoms with Crippen LogP contribution in [-0.4, -0.2) is 33.7 Å². The van der Waals surface area contributed by atoms with E-state index in [9.17, 15) is 13.2 Å². The summed E-state index contributed by atoms with van der Waals surface area (Å²) in [4.78, 5) is 11.6. The van der Waals surface area contributed by atoms with Gasteiger partial charge in [-0.2, -0.15) is 0 Å². The van der Waals surface area contributed by atoms with E-state index in [0.29, 0.717) is 19.5 Å². The molecule has 1 aliphatic carbocycles. The lowest BCUT2D eigenvalue weighted by molar-refractivity contribution is -0.124. The Labute approximate surface area is 97.0 Å². The summed E-state index contributed by atoms with van der Waals surface area (Å²) in [6.45, 7) is 0.918. The fraction of sp³-hybridized carbons (Fsp3) is 0.900. The van der Waals surface area contributed by atoms with Crippen molar-refractivity contribution in [3.8, 4) is 0 Å². The molecule has 0 aromatic carbocycles. The van der Waals surface area contributed by atoms with E-state index in [2.05, 4.69) is 10.0 Å². The minimum Gasteiger partial charge on any atom is -0.356 e. The molecule has 1 aliphatic rings. The van der Waals surface area contributed by atoms with Gasteiger partial charge in [0.2, 0.25) is 15.9 Å². The van der Waals surface area contributed by atoms with Crippen LogP contribution < -0.4 is 10.0 Å². The van der Waals surface area contributed by atoms with Crippen LogP contribution in [0.4, 0.5) is 0 Å². The molecular formula is C10H20N2O3S. The third-order valence-corrected chi connectivity index (χ3v) is 3.47. The number of nitrogens with one attached hydrogen (secondary N) is 2. The van der Waals surface area contributed by atoms with E-state index in [0.717, 1.165) is 31.9 Å². The van der Waals surface area contributed by atoms with Crippen molar-refractivity contribution in [2.75, 3.05) is 19.3 Å². The molecule has 0 bridgehead atoms. The molecule has 0 aliphatic heterocycles. The van der Waals surface area contributed by atoms with E-state index in [-0.39, 0.29) is 11.8 Å². The Morgan fingerprint density at radius 1 is 1.25 bits per heavy atom.